The molecule has 0 aromatic heterocycles. The second-order valence-electron chi connectivity index (χ2n) is 4.64. The Bertz CT molecular complexity index is 418. The van der Waals surface area contributed by atoms with E-state index in [4.69, 9.17) is 4.74 Å². The lowest BCUT2D eigenvalue weighted by molar-refractivity contribution is -0.121. The SMILES string of the molecule is C=CCNC(=O)CN(CCN1CCOCC1)S(C)(=O)=O. The average Bonchev–Trinajstić information content (AvgIpc) is 2.41. The van der Waals surface area contributed by atoms with Crippen molar-refractivity contribution in [3.63, 3.8) is 0 Å². The number of sulfonamides is 1. The molecule has 1 rings (SSSR count). The fraction of sp³-hybridized carbons (Fsp3) is 0.750. The molecule has 1 heterocycles. The van der Waals surface area contributed by atoms with Gasteiger partial charge in [-0.2, -0.15) is 4.31 Å². The van der Waals surface area contributed by atoms with Gasteiger partial charge < -0.3 is 10.1 Å². The number of ether oxygens (including phenoxy) is 1. The monoisotopic (exact) mass is 305 g/mol. The summed E-state index contributed by atoms with van der Waals surface area (Å²) in [5.74, 6) is -0.322. The van der Waals surface area contributed by atoms with Gasteiger partial charge in [0.05, 0.1) is 26.0 Å². The van der Waals surface area contributed by atoms with Gasteiger partial charge in [0.1, 0.15) is 0 Å². The van der Waals surface area contributed by atoms with Gasteiger partial charge in [-0.25, -0.2) is 8.42 Å². The minimum Gasteiger partial charge on any atom is -0.379 e. The second kappa shape index (κ2) is 8.35. The quantitative estimate of drug-likeness (QED) is 0.575. The van der Waals surface area contributed by atoms with E-state index in [0.717, 1.165) is 19.3 Å². The van der Waals surface area contributed by atoms with E-state index in [1.165, 1.54) is 4.31 Å². The molecule has 8 heteroatoms. The zero-order chi connectivity index (χ0) is 15.0. The Labute approximate surface area is 120 Å². The molecule has 0 bridgehead atoms. The molecule has 1 amide bonds. The Morgan fingerprint density at radius 3 is 2.65 bits per heavy atom. The lowest BCUT2D eigenvalue weighted by Gasteiger charge is -2.28. The largest absolute Gasteiger partial charge is 0.379 e. The Morgan fingerprint density at radius 1 is 1.45 bits per heavy atom. The highest BCUT2D eigenvalue weighted by molar-refractivity contribution is 7.88. The second-order valence-corrected chi connectivity index (χ2v) is 6.63. The fourth-order valence-electron chi connectivity index (χ4n) is 1.84. The van der Waals surface area contributed by atoms with E-state index in [1.54, 1.807) is 6.08 Å². The summed E-state index contributed by atoms with van der Waals surface area (Å²) in [5.41, 5.74) is 0. The minimum absolute atomic E-state index is 0.156. The van der Waals surface area contributed by atoms with Crippen molar-refractivity contribution in [2.24, 2.45) is 0 Å². The summed E-state index contributed by atoms with van der Waals surface area (Å²) < 4.78 is 29.8. The molecule has 1 aliphatic heterocycles. The molecular formula is C12H23N3O4S. The number of hydrogen-bond acceptors (Lipinski definition) is 5. The van der Waals surface area contributed by atoms with Crippen LogP contribution < -0.4 is 5.32 Å². The molecule has 116 valence electrons. The highest BCUT2D eigenvalue weighted by Gasteiger charge is 2.21. The molecule has 0 aromatic carbocycles. The van der Waals surface area contributed by atoms with Gasteiger partial charge in [-0.1, -0.05) is 6.08 Å². The van der Waals surface area contributed by atoms with Crippen LogP contribution in [-0.2, 0) is 19.6 Å². The zero-order valence-corrected chi connectivity index (χ0v) is 12.7. The molecular weight excluding hydrogens is 282 g/mol. The van der Waals surface area contributed by atoms with E-state index in [-0.39, 0.29) is 12.5 Å². The first kappa shape index (κ1) is 17.1. The van der Waals surface area contributed by atoms with Crippen molar-refractivity contribution in [1.82, 2.24) is 14.5 Å². The van der Waals surface area contributed by atoms with Crippen LogP contribution in [0.25, 0.3) is 0 Å². The molecule has 1 aliphatic rings. The Hall–Kier alpha value is -0.960. The lowest BCUT2D eigenvalue weighted by atomic mass is 10.4. The van der Waals surface area contributed by atoms with Gasteiger partial charge in [0.25, 0.3) is 0 Å². The third-order valence-electron chi connectivity index (χ3n) is 3.00. The van der Waals surface area contributed by atoms with Crippen molar-refractivity contribution < 1.29 is 17.9 Å². The van der Waals surface area contributed by atoms with E-state index in [9.17, 15) is 13.2 Å². The van der Waals surface area contributed by atoms with Crippen molar-refractivity contribution in [3.8, 4) is 0 Å². The number of amides is 1. The van der Waals surface area contributed by atoms with Gasteiger partial charge in [0.15, 0.2) is 0 Å². The van der Waals surface area contributed by atoms with Crippen LogP contribution in [0.15, 0.2) is 12.7 Å². The Balaban J connectivity index is 2.47. The summed E-state index contributed by atoms with van der Waals surface area (Å²) in [6, 6.07) is 0. The minimum atomic E-state index is -3.40. The van der Waals surface area contributed by atoms with Crippen molar-refractivity contribution in [2.45, 2.75) is 0 Å². The molecule has 1 fully saturated rings. The summed E-state index contributed by atoms with van der Waals surface area (Å²) >= 11 is 0. The van der Waals surface area contributed by atoms with Crippen molar-refractivity contribution >= 4 is 15.9 Å². The van der Waals surface area contributed by atoms with E-state index in [0.29, 0.717) is 32.8 Å². The maximum Gasteiger partial charge on any atom is 0.235 e. The maximum absolute atomic E-state index is 11.7. The highest BCUT2D eigenvalue weighted by Crippen LogP contribution is 2.01. The van der Waals surface area contributed by atoms with Crippen molar-refractivity contribution in [2.75, 3.05) is 58.7 Å². The normalized spacial score (nSPS) is 17.1. The van der Waals surface area contributed by atoms with Crippen LogP contribution >= 0.6 is 0 Å². The van der Waals surface area contributed by atoms with Crippen molar-refractivity contribution in [3.05, 3.63) is 12.7 Å². The van der Waals surface area contributed by atoms with Crippen LogP contribution in [0, 0.1) is 0 Å². The topological polar surface area (TPSA) is 79.0 Å². The van der Waals surface area contributed by atoms with Gasteiger partial charge >= 0.3 is 0 Å². The molecule has 0 radical (unpaired) electrons. The Morgan fingerprint density at radius 2 is 2.10 bits per heavy atom. The smallest absolute Gasteiger partial charge is 0.235 e. The van der Waals surface area contributed by atoms with Gasteiger partial charge in [-0.15, -0.1) is 6.58 Å². The molecule has 0 saturated carbocycles. The summed E-state index contributed by atoms with van der Waals surface area (Å²) in [6.07, 6.45) is 2.67. The molecule has 7 nitrogen and oxygen atoms in total. The maximum atomic E-state index is 11.7. The van der Waals surface area contributed by atoms with Crippen LogP contribution in [0.1, 0.15) is 0 Å². The summed E-state index contributed by atoms with van der Waals surface area (Å²) in [5, 5.41) is 2.58. The number of carbonyl (C=O) groups is 1. The summed E-state index contributed by atoms with van der Waals surface area (Å²) in [4.78, 5) is 13.7. The first-order chi connectivity index (χ1) is 9.43. The molecule has 0 spiro atoms. The van der Waals surface area contributed by atoms with E-state index in [2.05, 4.69) is 16.8 Å². The van der Waals surface area contributed by atoms with Crippen LogP contribution in [-0.4, -0.2) is 82.3 Å². The summed E-state index contributed by atoms with van der Waals surface area (Å²) in [6.45, 7) is 7.49. The molecule has 1 N–H and O–H groups in total. The zero-order valence-electron chi connectivity index (χ0n) is 11.9. The first-order valence-electron chi connectivity index (χ1n) is 6.56. The van der Waals surface area contributed by atoms with Crippen LogP contribution in [0.5, 0.6) is 0 Å². The van der Waals surface area contributed by atoms with Crippen LogP contribution in [0.2, 0.25) is 0 Å². The standard InChI is InChI=1S/C12H23N3O4S/c1-3-4-13-12(16)11-15(20(2,17)18)6-5-14-7-9-19-10-8-14/h3H,1,4-11H2,2H3,(H,13,16). The van der Waals surface area contributed by atoms with Crippen LogP contribution in [0.4, 0.5) is 0 Å². The van der Waals surface area contributed by atoms with Gasteiger partial charge in [0.2, 0.25) is 15.9 Å². The molecule has 0 aliphatic carbocycles. The third-order valence-corrected chi connectivity index (χ3v) is 4.25. The highest BCUT2D eigenvalue weighted by atomic mass is 32.2. The first-order valence-corrected chi connectivity index (χ1v) is 8.41. The number of morpholine rings is 1. The number of nitrogens with zero attached hydrogens (tertiary/aromatic N) is 2. The van der Waals surface area contributed by atoms with Gasteiger partial charge in [0, 0.05) is 32.7 Å². The molecule has 1 saturated heterocycles. The van der Waals surface area contributed by atoms with E-state index >= 15 is 0 Å². The van der Waals surface area contributed by atoms with E-state index < -0.39 is 10.0 Å². The van der Waals surface area contributed by atoms with Gasteiger partial charge in [-0.3, -0.25) is 9.69 Å². The number of rotatable bonds is 8. The fourth-order valence-corrected chi connectivity index (χ4v) is 2.61. The Kier molecular flexibility index (Phi) is 7.14. The van der Waals surface area contributed by atoms with E-state index in [1.807, 2.05) is 0 Å². The third kappa shape index (κ3) is 6.47. The number of nitrogens with one attached hydrogen (secondary N) is 1. The number of carbonyl (C=O) groups excluding carboxylic acids is 1. The molecule has 0 unspecified atom stereocenters. The predicted octanol–water partition coefficient (Wildman–Crippen LogP) is -1.12. The van der Waals surface area contributed by atoms with Crippen molar-refractivity contribution in [1.29, 1.82) is 0 Å². The molecule has 0 atom stereocenters. The van der Waals surface area contributed by atoms with Gasteiger partial charge in [-0.05, 0) is 0 Å². The van der Waals surface area contributed by atoms with Crippen LogP contribution in [0.3, 0.4) is 0 Å². The molecule has 0 aromatic rings. The lowest BCUT2D eigenvalue weighted by Crippen LogP contribution is -2.46. The average molecular weight is 305 g/mol. The summed E-state index contributed by atoms with van der Waals surface area (Å²) in [7, 11) is -3.40. The predicted molar refractivity (Wildman–Crippen MR) is 76.9 cm³/mol. The number of hydrogen-bond donors (Lipinski definition) is 1. The molecule has 20 heavy (non-hydrogen) atoms.